The van der Waals surface area contributed by atoms with E-state index in [2.05, 4.69) is 10.5 Å². The van der Waals surface area contributed by atoms with E-state index in [1.165, 1.54) is 0 Å². The Bertz CT molecular complexity index is 407. The molecule has 13 heteroatoms. The maximum atomic E-state index is 11.4. The lowest BCUT2D eigenvalue weighted by molar-refractivity contribution is -0.135. The zero-order valence-electron chi connectivity index (χ0n) is 13.6. The Balaban J connectivity index is 1.44. The third-order valence-corrected chi connectivity index (χ3v) is 3.52. The van der Waals surface area contributed by atoms with Crippen molar-refractivity contribution in [2.24, 2.45) is 0 Å². The average Bonchev–Trinajstić information content (AvgIpc) is 3.16. The zero-order chi connectivity index (χ0) is 18.1. The summed E-state index contributed by atoms with van der Waals surface area (Å²) in [6.45, 7) is 2.76. The molecule has 0 saturated carbocycles. The van der Waals surface area contributed by atoms with Crippen LogP contribution >= 0.6 is 0 Å². The standard InChI is InChI=1S/C12H22BN4O8/c18-9(22-5-1-16-3-7-24-11(16)20)14-13-15-10(19)23-6-2-17-4-8-25-12(17)21/h11-12,20-21H,1-8H2,(H,14,18)(H,15,19). The van der Waals surface area contributed by atoms with Crippen LogP contribution in [0.3, 0.4) is 0 Å². The first-order valence-corrected chi connectivity index (χ1v) is 7.82. The van der Waals surface area contributed by atoms with Crippen molar-refractivity contribution in [1.29, 1.82) is 0 Å². The molecule has 0 aromatic rings. The number of amides is 2. The molecular formula is C12H22BN4O8. The summed E-state index contributed by atoms with van der Waals surface area (Å²) in [5.74, 6) is 0. The number of nitrogens with zero attached hydrogens (tertiary/aromatic N) is 2. The fourth-order valence-electron chi connectivity index (χ4n) is 2.18. The van der Waals surface area contributed by atoms with Gasteiger partial charge in [-0.15, -0.1) is 0 Å². The van der Waals surface area contributed by atoms with Crippen molar-refractivity contribution in [1.82, 2.24) is 20.3 Å². The third-order valence-electron chi connectivity index (χ3n) is 3.52. The van der Waals surface area contributed by atoms with E-state index in [9.17, 15) is 19.8 Å². The molecule has 2 unspecified atom stereocenters. The van der Waals surface area contributed by atoms with Crippen molar-refractivity contribution in [2.45, 2.75) is 12.8 Å². The van der Waals surface area contributed by atoms with E-state index < -0.39 is 25.0 Å². The molecular weight excluding hydrogens is 339 g/mol. The van der Waals surface area contributed by atoms with Crippen LogP contribution in [0.2, 0.25) is 0 Å². The van der Waals surface area contributed by atoms with Crippen LogP contribution in [0.5, 0.6) is 0 Å². The molecule has 1 radical (unpaired) electrons. The van der Waals surface area contributed by atoms with Crippen LogP contribution in [0.1, 0.15) is 0 Å². The SMILES string of the molecule is O=C(N[B]NC(=O)OCCN1CCOC1O)OCCN1CCOC1O. The Morgan fingerprint density at radius 2 is 1.40 bits per heavy atom. The van der Waals surface area contributed by atoms with Crippen molar-refractivity contribution in [2.75, 3.05) is 52.6 Å². The molecule has 0 aliphatic carbocycles. The Labute approximate surface area is 145 Å². The minimum Gasteiger partial charge on any atom is -0.449 e. The van der Waals surface area contributed by atoms with Crippen LogP contribution in [-0.4, -0.2) is 105 Å². The molecule has 0 aromatic heterocycles. The Hall–Kier alpha value is -1.64. The average molecular weight is 361 g/mol. The minimum atomic E-state index is -0.970. The summed E-state index contributed by atoms with van der Waals surface area (Å²) in [5, 5.41) is 23.2. The second-order valence-electron chi connectivity index (χ2n) is 5.17. The monoisotopic (exact) mass is 361 g/mol. The third kappa shape index (κ3) is 7.01. The number of aliphatic hydroxyl groups is 2. The smallest absolute Gasteiger partial charge is 0.396 e. The molecule has 0 spiro atoms. The number of hydrogen-bond donors (Lipinski definition) is 4. The van der Waals surface area contributed by atoms with E-state index >= 15 is 0 Å². The van der Waals surface area contributed by atoms with Crippen LogP contribution in [-0.2, 0) is 18.9 Å². The molecule has 2 rings (SSSR count). The van der Waals surface area contributed by atoms with E-state index in [4.69, 9.17) is 18.9 Å². The molecule has 2 saturated heterocycles. The van der Waals surface area contributed by atoms with Gasteiger partial charge >= 0.3 is 19.7 Å². The summed E-state index contributed by atoms with van der Waals surface area (Å²) in [6, 6.07) is 0. The first kappa shape index (κ1) is 19.7. The molecule has 2 heterocycles. The lowest BCUT2D eigenvalue weighted by Gasteiger charge is -2.17. The van der Waals surface area contributed by atoms with Gasteiger partial charge in [0.15, 0.2) is 0 Å². The van der Waals surface area contributed by atoms with Crippen molar-refractivity contribution >= 4 is 19.7 Å². The first-order valence-electron chi connectivity index (χ1n) is 7.82. The molecule has 2 aliphatic rings. The Kier molecular flexibility index (Phi) is 8.17. The number of carbonyl (C=O) groups excluding carboxylic acids is 2. The predicted molar refractivity (Wildman–Crippen MR) is 81.8 cm³/mol. The number of aliphatic hydroxyl groups excluding tert-OH is 2. The van der Waals surface area contributed by atoms with Gasteiger partial charge in [-0.3, -0.25) is 0 Å². The Morgan fingerprint density at radius 3 is 1.76 bits per heavy atom. The molecule has 2 amide bonds. The fourth-order valence-corrected chi connectivity index (χ4v) is 2.18. The first-order chi connectivity index (χ1) is 12.1. The largest absolute Gasteiger partial charge is 0.449 e. The number of ether oxygens (including phenoxy) is 4. The summed E-state index contributed by atoms with van der Waals surface area (Å²) in [7, 11) is 0.992. The lowest BCUT2D eigenvalue weighted by atomic mass is 10.2. The molecule has 141 valence electrons. The second-order valence-corrected chi connectivity index (χ2v) is 5.17. The van der Waals surface area contributed by atoms with Crippen LogP contribution in [0.4, 0.5) is 9.59 Å². The molecule has 0 bridgehead atoms. The molecule has 12 nitrogen and oxygen atoms in total. The topological polar surface area (TPSA) is 142 Å². The van der Waals surface area contributed by atoms with Crippen molar-refractivity contribution in [3.05, 3.63) is 0 Å². The highest BCUT2D eigenvalue weighted by Gasteiger charge is 2.23. The zero-order valence-corrected chi connectivity index (χ0v) is 13.6. The highest BCUT2D eigenvalue weighted by atomic mass is 16.6. The molecule has 0 aromatic carbocycles. The molecule has 4 N–H and O–H groups in total. The fraction of sp³-hybridized carbons (Fsp3) is 0.833. The van der Waals surface area contributed by atoms with E-state index in [1.807, 2.05) is 0 Å². The number of carbonyl (C=O) groups is 2. The van der Waals surface area contributed by atoms with Crippen LogP contribution < -0.4 is 10.5 Å². The van der Waals surface area contributed by atoms with Crippen LogP contribution in [0.15, 0.2) is 0 Å². The maximum absolute atomic E-state index is 11.4. The van der Waals surface area contributed by atoms with Gasteiger partial charge in [-0.1, -0.05) is 0 Å². The van der Waals surface area contributed by atoms with Crippen molar-refractivity contribution < 1.29 is 38.7 Å². The van der Waals surface area contributed by atoms with Gasteiger partial charge in [-0.05, 0) is 0 Å². The van der Waals surface area contributed by atoms with E-state index in [1.54, 1.807) is 9.80 Å². The molecule has 25 heavy (non-hydrogen) atoms. The van der Waals surface area contributed by atoms with Crippen molar-refractivity contribution in [3.63, 3.8) is 0 Å². The second kappa shape index (κ2) is 10.4. The normalized spacial score (nSPS) is 24.1. The van der Waals surface area contributed by atoms with Gasteiger partial charge in [0.25, 0.3) is 0 Å². The summed E-state index contributed by atoms with van der Waals surface area (Å²) in [4.78, 5) is 26.0. The van der Waals surface area contributed by atoms with Gasteiger partial charge in [0, 0.05) is 26.2 Å². The van der Waals surface area contributed by atoms with Crippen LogP contribution in [0.25, 0.3) is 0 Å². The highest BCUT2D eigenvalue weighted by Crippen LogP contribution is 2.06. The lowest BCUT2D eigenvalue weighted by Crippen LogP contribution is -2.43. The van der Waals surface area contributed by atoms with Gasteiger partial charge in [-0.2, -0.15) is 0 Å². The summed E-state index contributed by atoms with van der Waals surface area (Å²) in [5.41, 5.74) is 0. The van der Waals surface area contributed by atoms with Gasteiger partial charge < -0.3 is 39.6 Å². The van der Waals surface area contributed by atoms with E-state index in [-0.39, 0.29) is 13.2 Å². The minimum absolute atomic E-state index is 0.0603. The molecule has 2 aliphatic heterocycles. The van der Waals surface area contributed by atoms with Gasteiger partial charge in [-0.25, -0.2) is 19.4 Å². The summed E-state index contributed by atoms with van der Waals surface area (Å²) >= 11 is 0. The highest BCUT2D eigenvalue weighted by molar-refractivity contribution is 6.37. The number of rotatable bonds is 8. The van der Waals surface area contributed by atoms with Crippen LogP contribution in [0, 0.1) is 0 Å². The summed E-state index contributed by atoms with van der Waals surface area (Å²) in [6.07, 6.45) is -3.45. The van der Waals surface area contributed by atoms with Gasteiger partial charge in [0.1, 0.15) is 13.2 Å². The quantitative estimate of drug-likeness (QED) is 0.335. The number of nitrogens with one attached hydrogen (secondary N) is 2. The van der Waals surface area contributed by atoms with E-state index in [0.717, 1.165) is 7.55 Å². The van der Waals surface area contributed by atoms with Gasteiger partial charge in [0.05, 0.1) is 13.2 Å². The van der Waals surface area contributed by atoms with Crippen molar-refractivity contribution in [3.8, 4) is 0 Å². The molecule has 2 fully saturated rings. The molecule has 2 atom stereocenters. The summed E-state index contributed by atoms with van der Waals surface area (Å²) < 4.78 is 19.6. The predicted octanol–water partition coefficient (Wildman–Crippen LogP) is -2.81. The van der Waals surface area contributed by atoms with Gasteiger partial charge in [0.2, 0.25) is 12.8 Å². The Morgan fingerprint density at radius 1 is 0.960 bits per heavy atom. The maximum Gasteiger partial charge on any atom is 0.396 e. The van der Waals surface area contributed by atoms with E-state index in [0.29, 0.717) is 39.4 Å². The number of hydrogen-bond acceptors (Lipinski definition) is 10.